The van der Waals surface area contributed by atoms with E-state index in [1.807, 2.05) is 0 Å². The first-order valence-corrected chi connectivity index (χ1v) is 8.09. The minimum absolute atomic E-state index is 0.0309. The summed E-state index contributed by atoms with van der Waals surface area (Å²) in [6.45, 7) is 1.56. The summed E-state index contributed by atoms with van der Waals surface area (Å²) in [5.74, 6) is 0.268. The van der Waals surface area contributed by atoms with Crippen molar-refractivity contribution >= 4 is 21.8 Å². The topological polar surface area (TPSA) is 96.1 Å². The van der Waals surface area contributed by atoms with Crippen LogP contribution in [0.2, 0.25) is 0 Å². The standard InChI is InChI=1S/C12H16N4O3S/c13-10-3-4-16(8-10)12(17)9-1-2-11-14-20(18,19)6-5-15(11)7-9/h1-2,7,10H,3-6,8,13H2/t10-/m1/s1. The Morgan fingerprint density at radius 3 is 2.85 bits per heavy atom. The van der Waals surface area contributed by atoms with Crippen molar-refractivity contribution in [1.29, 1.82) is 0 Å². The molecule has 3 aliphatic rings. The van der Waals surface area contributed by atoms with E-state index in [1.54, 1.807) is 28.2 Å². The van der Waals surface area contributed by atoms with Crippen LogP contribution >= 0.6 is 0 Å². The monoisotopic (exact) mass is 296 g/mol. The number of likely N-dealkylation sites (tertiary alicyclic amines) is 1. The Kier molecular flexibility index (Phi) is 3.14. The molecule has 1 fully saturated rings. The van der Waals surface area contributed by atoms with Gasteiger partial charge in [0.2, 0.25) is 0 Å². The highest BCUT2D eigenvalue weighted by molar-refractivity contribution is 7.90. The van der Waals surface area contributed by atoms with Crippen molar-refractivity contribution in [3.63, 3.8) is 0 Å². The summed E-state index contributed by atoms with van der Waals surface area (Å²) in [4.78, 5) is 15.7. The lowest BCUT2D eigenvalue weighted by Crippen LogP contribution is -2.39. The van der Waals surface area contributed by atoms with Crippen LogP contribution < -0.4 is 5.73 Å². The van der Waals surface area contributed by atoms with Crippen molar-refractivity contribution in [2.24, 2.45) is 10.1 Å². The number of carbonyl (C=O) groups is 1. The highest BCUT2D eigenvalue weighted by atomic mass is 32.2. The van der Waals surface area contributed by atoms with Gasteiger partial charge < -0.3 is 15.5 Å². The molecule has 7 nitrogen and oxygen atoms in total. The minimum Gasteiger partial charge on any atom is -0.337 e. The molecule has 3 aliphatic heterocycles. The van der Waals surface area contributed by atoms with Gasteiger partial charge in [0.25, 0.3) is 15.9 Å². The lowest BCUT2D eigenvalue weighted by Gasteiger charge is -2.28. The Balaban J connectivity index is 1.80. The second-order valence-corrected chi connectivity index (χ2v) is 6.90. The maximum atomic E-state index is 12.3. The third-order valence-corrected chi connectivity index (χ3v) is 4.75. The third kappa shape index (κ3) is 2.48. The molecule has 0 aromatic rings. The number of fused-ring (bicyclic) bond motifs is 1. The molecule has 0 saturated carbocycles. The van der Waals surface area contributed by atoms with Crippen LogP contribution in [0.3, 0.4) is 0 Å². The summed E-state index contributed by atoms with van der Waals surface area (Å²) in [5.41, 5.74) is 6.34. The molecule has 0 aromatic carbocycles. The predicted octanol–water partition coefficient (Wildman–Crippen LogP) is -0.956. The van der Waals surface area contributed by atoms with E-state index in [-0.39, 0.29) is 17.7 Å². The van der Waals surface area contributed by atoms with Gasteiger partial charge in [-0.25, -0.2) is 8.42 Å². The summed E-state index contributed by atoms with van der Waals surface area (Å²) in [7, 11) is -3.36. The summed E-state index contributed by atoms with van der Waals surface area (Å²) in [6, 6.07) is 0.0457. The van der Waals surface area contributed by atoms with Gasteiger partial charge in [0.1, 0.15) is 5.84 Å². The highest BCUT2D eigenvalue weighted by Gasteiger charge is 2.29. The number of nitrogens with zero attached hydrogens (tertiary/aromatic N) is 3. The van der Waals surface area contributed by atoms with Gasteiger partial charge in [-0.1, -0.05) is 0 Å². The fraction of sp³-hybridized carbons (Fsp3) is 0.500. The average molecular weight is 296 g/mol. The van der Waals surface area contributed by atoms with Crippen molar-refractivity contribution in [2.45, 2.75) is 12.5 Å². The number of amidine groups is 1. The number of rotatable bonds is 1. The molecule has 0 aromatic heterocycles. The number of sulfonamides is 1. The van der Waals surface area contributed by atoms with E-state index in [1.165, 1.54) is 0 Å². The first-order valence-electron chi connectivity index (χ1n) is 6.49. The van der Waals surface area contributed by atoms with Crippen molar-refractivity contribution in [3.05, 3.63) is 23.9 Å². The molecule has 0 spiro atoms. The number of hydrogen-bond donors (Lipinski definition) is 1. The van der Waals surface area contributed by atoms with Crippen molar-refractivity contribution < 1.29 is 13.2 Å². The highest BCUT2D eigenvalue weighted by Crippen LogP contribution is 2.19. The smallest absolute Gasteiger partial charge is 0.256 e. The molecule has 3 rings (SSSR count). The van der Waals surface area contributed by atoms with Gasteiger partial charge in [-0.3, -0.25) is 4.79 Å². The number of hydrogen-bond acceptors (Lipinski definition) is 5. The van der Waals surface area contributed by atoms with Crippen LogP contribution in [0.4, 0.5) is 0 Å². The van der Waals surface area contributed by atoms with E-state index in [4.69, 9.17) is 5.73 Å². The second-order valence-electron chi connectivity index (χ2n) is 5.15. The summed E-state index contributed by atoms with van der Waals surface area (Å²) in [5, 5.41) is 0. The molecule has 0 bridgehead atoms. The maximum Gasteiger partial charge on any atom is 0.256 e. The molecule has 2 N–H and O–H groups in total. The molecule has 1 atom stereocenters. The maximum absolute atomic E-state index is 12.3. The van der Waals surface area contributed by atoms with Gasteiger partial charge in [-0.05, 0) is 18.6 Å². The molecule has 0 aliphatic carbocycles. The van der Waals surface area contributed by atoms with Crippen LogP contribution in [0.25, 0.3) is 0 Å². The first kappa shape index (κ1) is 13.3. The van der Waals surface area contributed by atoms with Crippen LogP contribution in [0, 0.1) is 0 Å². The first-order chi connectivity index (χ1) is 9.44. The lowest BCUT2D eigenvalue weighted by atomic mass is 10.1. The molecule has 1 amide bonds. The average Bonchev–Trinajstić information content (AvgIpc) is 2.83. The quantitative estimate of drug-likeness (QED) is 0.672. The zero-order valence-corrected chi connectivity index (χ0v) is 11.7. The van der Waals surface area contributed by atoms with Gasteiger partial charge in [-0.15, -0.1) is 4.40 Å². The van der Waals surface area contributed by atoms with Crippen LogP contribution in [0.15, 0.2) is 28.3 Å². The van der Waals surface area contributed by atoms with E-state index in [2.05, 4.69) is 4.40 Å². The Bertz CT molecular complexity index is 635. The molecular formula is C12H16N4O3S. The second kappa shape index (κ2) is 4.71. The number of carbonyl (C=O) groups excluding carboxylic acids is 1. The van der Waals surface area contributed by atoms with Crippen molar-refractivity contribution in [3.8, 4) is 0 Å². The van der Waals surface area contributed by atoms with Gasteiger partial charge in [0.15, 0.2) is 0 Å². The van der Waals surface area contributed by atoms with Gasteiger partial charge in [0, 0.05) is 31.9 Å². The lowest BCUT2D eigenvalue weighted by molar-refractivity contribution is -0.125. The van der Waals surface area contributed by atoms with E-state index in [0.717, 1.165) is 6.42 Å². The zero-order valence-electron chi connectivity index (χ0n) is 10.9. The van der Waals surface area contributed by atoms with Crippen LogP contribution in [0.1, 0.15) is 6.42 Å². The molecule has 0 radical (unpaired) electrons. The minimum atomic E-state index is -3.36. The Morgan fingerprint density at radius 1 is 1.35 bits per heavy atom. The molecule has 20 heavy (non-hydrogen) atoms. The van der Waals surface area contributed by atoms with Crippen molar-refractivity contribution in [2.75, 3.05) is 25.4 Å². The summed E-state index contributed by atoms with van der Waals surface area (Å²) >= 11 is 0. The van der Waals surface area contributed by atoms with E-state index in [9.17, 15) is 13.2 Å². The van der Waals surface area contributed by atoms with E-state index < -0.39 is 10.0 Å². The van der Waals surface area contributed by atoms with Crippen LogP contribution in [0.5, 0.6) is 0 Å². The number of nitrogens with two attached hydrogens (primary N) is 1. The Hall–Kier alpha value is -1.67. The van der Waals surface area contributed by atoms with Crippen molar-refractivity contribution in [1.82, 2.24) is 9.80 Å². The van der Waals surface area contributed by atoms with Crippen LogP contribution in [-0.2, 0) is 14.8 Å². The molecule has 3 heterocycles. The molecular weight excluding hydrogens is 280 g/mol. The largest absolute Gasteiger partial charge is 0.337 e. The summed E-state index contributed by atoms with van der Waals surface area (Å²) < 4.78 is 26.5. The SMILES string of the molecule is N[C@@H]1CCN(C(=O)C2=CN3CCS(=O)(=O)N=C3C=C2)C1. The Labute approximate surface area is 117 Å². The van der Waals surface area contributed by atoms with Crippen LogP contribution in [-0.4, -0.2) is 61.4 Å². The third-order valence-electron chi connectivity index (χ3n) is 3.58. The fourth-order valence-corrected chi connectivity index (χ4v) is 3.45. The van der Waals surface area contributed by atoms with Gasteiger partial charge in [-0.2, -0.15) is 0 Å². The van der Waals surface area contributed by atoms with E-state index >= 15 is 0 Å². The molecule has 0 unspecified atom stereocenters. The zero-order chi connectivity index (χ0) is 14.3. The van der Waals surface area contributed by atoms with E-state index in [0.29, 0.717) is 31.0 Å². The Morgan fingerprint density at radius 2 is 2.15 bits per heavy atom. The molecule has 108 valence electrons. The fourth-order valence-electron chi connectivity index (χ4n) is 2.48. The molecule has 8 heteroatoms. The van der Waals surface area contributed by atoms with Gasteiger partial charge in [0.05, 0.1) is 11.3 Å². The predicted molar refractivity (Wildman–Crippen MR) is 74.3 cm³/mol. The van der Waals surface area contributed by atoms with Gasteiger partial charge >= 0.3 is 0 Å². The number of amides is 1. The molecule has 1 saturated heterocycles. The summed E-state index contributed by atoms with van der Waals surface area (Å²) in [6.07, 6.45) is 5.67. The normalized spacial score (nSPS) is 27.9.